The summed E-state index contributed by atoms with van der Waals surface area (Å²) >= 11 is 3.27. The number of rotatable bonds is 7. The van der Waals surface area contributed by atoms with Crippen LogP contribution < -0.4 is 15.0 Å². The van der Waals surface area contributed by atoms with Crippen molar-refractivity contribution in [3.05, 3.63) is 57.9 Å². The molecule has 2 aromatic heterocycles. The number of aromatic nitrogens is 2. The number of ether oxygens (including phenoxy) is 2. The van der Waals surface area contributed by atoms with Crippen LogP contribution in [0.15, 0.2) is 41.8 Å². The molecule has 2 aliphatic heterocycles. The van der Waals surface area contributed by atoms with Gasteiger partial charge in [0.2, 0.25) is 11.8 Å². The van der Waals surface area contributed by atoms with Crippen molar-refractivity contribution in [2.24, 2.45) is 0 Å². The molecule has 0 unspecified atom stereocenters. The minimum atomic E-state index is -0.293. The molecule has 38 heavy (non-hydrogen) atoms. The number of hydrogen-bond donors (Lipinski definition) is 1. The first-order valence-electron chi connectivity index (χ1n) is 12.9. The van der Waals surface area contributed by atoms with Crippen molar-refractivity contribution in [3.8, 4) is 11.4 Å². The average molecular weight is 555 g/mol. The number of benzene rings is 1. The van der Waals surface area contributed by atoms with Crippen LogP contribution in [-0.2, 0) is 19.7 Å². The predicted molar refractivity (Wildman–Crippen MR) is 152 cm³/mol. The Bertz CT molecular complexity index is 1280. The molecule has 1 N–H and O–H groups in total. The molecule has 2 atom stereocenters. The molecule has 2 aliphatic rings. The minimum Gasteiger partial charge on any atom is -0.497 e. The Morgan fingerprint density at radius 1 is 1.24 bits per heavy atom. The van der Waals surface area contributed by atoms with Crippen LogP contribution in [-0.4, -0.2) is 60.3 Å². The van der Waals surface area contributed by atoms with Gasteiger partial charge in [-0.1, -0.05) is 26.8 Å². The number of carbonyl (C=O) groups is 2. The zero-order chi connectivity index (χ0) is 26.9. The predicted octanol–water partition coefficient (Wildman–Crippen LogP) is 4.70. The number of nitrogens with one attached hydrogen (secondary N) is 1. The first-order chi connectivity index (χ1) is 18.3. The molecule has 8 nitrogen and oxygen atoms in total. The number of amides is 2. The van der Waals surface area contributed by atoms with E-state index in [0.29, 0.717) is 12.4 Å². The Hall–Kier alpha value is -2.82. The van der Waals surface area contributed by atoms with Gasteiger partial charge in [-0.15, -0.1) is 23.1 Å². The number of methoxy groups -OCH3 is 1. The highest BCUT2D eigenvalue weighted by Gasteiger charge is 2.40. The van der Waals surface area contributed by atoms with Crippen molar-refractivity contribution < 1.29 is 19.1 Å². The zero-order valence-corrected chi connectivity index (χ0v) is 23.9. The fourth-order valence-electron chi connectivity index (χ4n) is 4.87. The number of thiophene rings is 1. The maximum atomic E-state index is 13.7. The van der Waals surface area contributed by atoms with E-state index in [9.17, 15) is 9.59 Å². The van der Waals surface area contributed by atoms with E-state index in [0.717, 1.165) is 47.0 Å². The third-order valence-corrected chi connectivity index (χ3v) is 9.09. The summed E-state index contributed by atoms with van der Waals surface area (Å²) in [6, 6.07) is 11.8. The lowest BCUT2D eigenvalue weighted by molar-refractivity contribution is -0.123. The van der Waals surface area contributed by atoms with Crippen molar-refractivity contribution in [3.63, 3.8) is 0 Å². The van der Waals surface area contributed by atoms with Crippen LogP contribution >= 0.6 is 23.1 Å². The van der Waals surface area contributed by atoms with Crippen LogP contribution in [0.5, 0.6) is 5.75 Å². The van der Waals surface area contributed by atoms with Gasteiger partial charge in [0.1, 0.15) is 18.1 Å². The molecule has 0 aliphatic carbocycles. The zero-order valence-electron chi connectivity index (χ0n) is 22.2. The molecule has 5 rings (SSSR count). The highest BCUT2D eigenvalue weighted by Crippen LogP contribution is 2.49. The van der Waals surface area contributed by atoms with Crippen LogP contribution in [0.1, 0.15) is 55.0 Å². The number of anilines is 1. The molecule has 3 aromatic rings. The molecule has 0 spiro atoms. The van der Waals surface area contributed by atoms with Crippen LogP contribution in [0.3, 0.4) is 0 Å². The van der Waals surface area contributed by atoms with Crippen molar-refractivity contribution >= 4 is 40.7 Å². The molecule has 0 radical (unpaired) electrons. The highest BCUT2D eigenvalue weighted by molar-refractivity contribution is 8.00. The van der Waals surface area contributed by atoms with Gasteiger partial charge in [0.05, 0.1) is 35.6 Å². The normalized spacial score (nSPS) is 19.8. The fraction of sp³-hybridized carbons (Fsp3) is 0.464. The van der Waals surface area contributed by atoms with E-state index >= 15 is 0 Å². The van der Waals surface area contributed by atoms with E-state index in [4.69, 9.17) is 14.6 Å². The summed E-state index contributed by atoms with van der Waals surface area (Å²) in [6.45, 7) is 7.50. The van der Waals surface area contributed by atoms with Gasteiger partial charge < -0.3 is 14.8 Å². The summed E-state index contributed by atoms with van der Waals surface area (Å²) < 4.78 is 12.9. The summed E-state index contributed by atoms with van der Waals surface area (Å²) in [6.07, 6.45) is 1.98. The van der Waals surface area contributed by atoms with Crippen molar-refractivity contribution in [1.29, 1.82) is 0 Å². The lowest BCUT2D eigenvalue weighted by Crippen LogP contribution is -2.44. The van der Waals surface area contributed by atoms with Gasteiger partial charge >= 0.3 is 0 Å². The van der Waals surface area contributed by atoms with Gasteiger partial charge in [0, 0.05) is 29.0 Å². The first-order valence-corrected chi connectivity index (χ1v) is 14.8. The highest BCUT2D eigenvalue weighted by atomic mass is 32.2. The van der Waals surface area contributed by atoms with Gasteiger partial charge in [0.25, 0.3) is 0 Å². The number of carbonyl (C=O) groups excluding carboxylic acids is 2. The first kappa shape index (κ1) is 26.8. The average Bonchev–Trinajstić information content (AvgIpc) is 3.66. The third-order valence-electron chi connectivity index (χ3n) is 6.77. The topological polar surface area (TPSA) is 85.7 Å². The minimum absolute atomic E-state index is 0.0328. The summed E-state index contributed by atoms with van der Waals surface area (Å²) in [5, 5.41) is 10.1. The third kappa shape index (κ3) is 5.48. The number of thioether (sulfide) groups is 1. The largest absolute Gasteiger partial charge is 0.497 e. The summed E-state index contributed by atoms with van der Waals surface area (Å²) in [5.41, 5.74) is 2.40. The summed E-state index contributed by atoms with van der Waals surface area (Å²) in [4.78, 5) is 29.6. The van der Waals surface area contributed by atoms with Crippen LogP contribution in [0.25, 0.3) is 5.69 Å². The molecule has 1 fully saturated rings. The van der Waals surface area contributed by atoms with Crippen LogP contribution in [0.4, 0.5) is 5.82 Å². The van der Waals surface area contributed by atoms with Crippen molar-refractivity contribution in [2.75, 3.05) is 37.5 Å². The summed E-state index contributed by atoms with van der Waals surface area (Å²) in [7, 11) is 1.63. The van der Waals surface area contributed by atoms with E-state index < -0.39 is 0 Å². The maximum absolute atomic E-state index is 13.7. The Morgan fingerprint density at radius 2 is 2.03 bits per heavy atom. The molecule has 1 aromatic carbocycles. The Morgan fingerprint density at radius 3 is 2.66 bits per heavy atom. The molecule has 202 valence electrons. The molecule has 4 heterocycles. The quantitative estimate of drug-likeness (QED) is 0.456. The lowest BCUT2D eigenvalue weighted by Gasteiger charge is -2.24. The van der Waals surface area contributed by atoms with E-state index in [1.807, 2.05) is 35.0 Å². The van der Waals surface area contributed by atoms with Crippen LogP contribution in [0, 0.1) is 0 Å². The number of fused-ring (bicyclic) bond motifs is 1. The Kier molecular flexibility index (Phi) is 7.83. The van der Waals surface area contributed by atoms with E-state index in [-0.39, 0.29) is 40.9 Å². The van der Waals surface area contributed by atoms with Gasteiger partial charge in [-0.3, -0.25) is 14.5 Å². The second-order valence-electron chi connectivity index (χ2n) is 10.6. The molecule has 1 saturated heterocycles. The second-order valence-corrected chi connectivity index (χ2v) is 12.6. The van der Waals surface area contributed by atoms with Gasteiger partial charge in [-0.25, -0.2) is 4.68 Å². The smallest absolute Gasteiger partial charge is 0.240 e. The van der Waals surface area contributed by atoms with Gasteiger partial charge in [-0.05, 0) is 48.6 Å². The molecule has 10 heteroatoms. The maximum Gasteiger partial charge on any atom is 0.240 e. The van der Waals surface area contributed by atoms with E-state index in [2.05, 4.69) is 37.5 Å². The standard InChI is InChI=1S/C28H34N4O4S2/c1-28(2,3)26-24-25(21-8-6-14-37-21)38-17-23(34)31(16-22(33)29-15-20-7-5-13-36-20)27(24)32(30-26)18-9-11-19(35-4)12-10-18/h6,8-12,14,20,25H,5,7,13,15-17H2,1-4H3,(H,29,33)/t20-,25-/m1/s1. The molecular formula is C28H34N4O4S2. The molecule has 2 amide bonds. The monoisotopic (exact) mass is 554 g/mol. The van der Waals surface area contributed by atoms with E-state index in [1.54, 1.807) is 35.1 Å². The number of hydrogen-bond acceptors (Lipinski definition) is 7. The molecule has 0 bridgehead atoms. The van der Waals surface area contributed by atoms with Crippen molar-refractivity contribution in [2.45, 2.75) is 50.4 Å². The number of nitrogens with zero attached hydrogens (tertiary/aromatic N) is 3. The summed E-state index contributed by atoms with van der Waals surface area (Å²) in [5.74, 6) is 1.33. The Balaban J connectivity index is 1.62. The second kappa shape index (κ2) is 11.1. The molecule has 0 saturated carbocycles. The SMILES string of the molecule is COc1ccc(-n2nc(C(C)(C)C)c3c2N(CC(=O)NC[C@H]2CCCO2)C(=O)CS[C@@H]3c2cccs2)cc1. The van der Waals surface area contributed by atoms with Gasteiger partial charge in [0.15, 0.2) is 0 Å². The lowest BCUT2D eigenvalue weighted by atomic mass is 9.88. The van der Waals surface area contributed by atoms with Crippen molar-refractivity contribution in [1.82, 2.24) is 15.1 Å². The molecular weight excluding hydrogens is 520 g/mol. The Labute approximate surface area is 231 Å². The van der Waals surface area contributed by atoms with E-state index in [1.165, 1.54) is 0 Å². The van der Waals surface area contributed by atoms with Crippen LogP contribution in [0.2, 0.25) is 0 Å². The van der Waals surface area contributed by atoms with Gasteiger partial charge in [-0.2, -0.15) is 5.10 Å². The fourth-order valence-corrected chi connectivity index (χ4v) is 7.05.